The maximum atomic E-state index is 12.8. The van der Waals surface area contributed by atoms with Crippen LogP contribution in [0, 0.1) is 8.34 Å². The second kappa shape index (κ2) is 7.57. The Morgan fingerprint density at radius 2 is 1.88 bits per heavy atom. The third-order valence-electron chi connectivity index (χ3n) is 4.02. The Morgan fingerprint density at radius 3 is 2.60 bits per heavy atom. The number of aryl methyl sites for hydroxylation is 1. The lowest BCUT2D eigenvalue weighted by Gasteiger charge is -2.11. The van der Waals surface area contributed by atoms with Crippen molar-refractivity contribution < 1.29 is 9.47 Å². The second-order valence-electron chi connectivity index (χ2n) is 5.52. The molecule has 1 N–H and O–H groups in total. The van der Waals surface area contributed by atoms with Gasteiger partial charge in [-0.1, -0.05) is 6.07 Å². The van der Waals surface area contributed by atoms with Gasteiger partial charge in [0.2, 0.25) is 0 Å². The van der Waals surface area contributed by atoms with Crippen LogP contribution in [0.4, 0.5) is 0 Å². The number of fused-ring (bicyclic) bond motifs is 1. The number of aromatic amines is 1. The van der Waals surface area contributed by atoms with E-state index in [9.17, 15) is 4.79 Å². The van der Waals surface area contributed by atoms with Crippen LogP contribution in [-0.4, -0.2) is 23.8 Å². The molecule has 1 aromatic heterocycles. The molecule has 0 amide bonds. The molecule has 7 heteroatoms. The van der Waals surface area contributed by atoms with Crippen LogP contribution in [0.25, 0.3) is 10.9 Å². The molecule has 0 aliphatic rings. The number of halogens is 1. The second-order valence-corrected chi connectivity index (χ2v) is 7.15. The Hall–Kier alpha value is -1.87. The summed E-state index contributed by atoms with van der Waals surface area (Å²) in [4.78, 5) is 15.9. The van der Waals surface area contributed by atoms with Gasteiger partial charge in [-0.2, -0.15) is 0 Å². The zero-order valence-corrected chi connectivity index (χ0v) is 16.8. The summed E-state index contributed by atoms with van der Waals surface area (Å²) < 4.78 is 13.6. The van der Waals surface area contributed by atoms with E-state index in [1.54, 1.807) is 18.8 Å². The van der Waals surface area contributed by atoms with E-state index in [2.05, 4.69) is 27.6 Å². The van der Waals surface area contributed by atoms with Gasteiger partial charge >= 0.3 is 0 Å². The van der Waals surface area contributed by atoms with Crippen molar-refractivity contribution in [3.05, 3.63) is 60.7 Å². The summed E-state index contributed by atoms with van der Waals surface area (Å²) in [7, 11) is 3.21. The molecule has 130 valence electrons. The molecule has 1 heterocycles. The fourth-order valence-electron chi connectivity index (χ4n) is 2.70. The van der Waals surface area contributed by atoms with Crippen molar-refractivity contribution >= 4 is 45.7 Å². The first-order valence-corrected chi connectivity index (χ1v) is 9.15. The molecule has 0 saturated carbocycles. The van der Waals surface area contributed by atoms with Crippen molar-refractivity contribution in [2.75, 3.05) is 14.2 Å². The summed E-state index contributed by atoms with van der Waals surface area (Å²) in [5.74, 6) is 1.35. The topological polar surface area (TPSA) is 56.2 Å². The van der Waals surface area contributed by atoms with E-state index < -0.39 is 0 Å². The highest BCUT2D eigenvalue weighted by atomic mass is 127. The molecule has 0 unspecified atom stereocenters. The van der Waals surface area contributed by atoms with E-state index in [1.807, 2.05) is 36.4 Å². The third kappa shape index (κ3) is 3.72. The van der Waals surface area contributed by atoms with Crippen LogP contribution in [-0.2, 0) is 13.0 Å². The number of nitrogens with zero attached hydrogens (tertiary/aromatic N) is 1. The Kier molecular flexibility index (Phi) is 5.43. The summed E-state index contributed by atoms with van der Waals surface area (Å²) in [5.41, 5.74) is 1.73. The molecule has 0 spiro atoms. The van der Waals surface area contributed by atoms with Gasteiger partial charge in [-0.25, -0.2) is 0 Å². The molecule has 0 aliphatic carbocycles. The van der Waals surface area contributed by atoms with E-state index in [-0.39, 0.29) is 5.56 Å². The van der Waals surface area contributed by atoms with Gasteiger partial charge in [-0.05, 0) is 77.1 Å². The monoisotopic (exact) mass is 468 g/mol. The summed E-state index contributed by atoms with van der Waals surface area (Å²) >= 11 is 7.56. The van der Waals surface area contributed by atoms with Gasteiger partial charge in [-0.15, -0.1) is 0 Å². The van der Waals surface area contributed by atoms with Crippen molar-refractivity contribution in [1.82, 2.24) is 9.55 Å². The van der Waals surface area contributed by atoms with Gasteiger partial charge < -0.3 is 14.5 Å². The predicted molar refractivity (Wildman–Crippen MR) is 109 cm³/mol. The number of ether oxygens (including phenoxy) is 2. The number of nitrogens with one attached hydrogen (secondary N) is 1. The number of hydrogen-bond donors (Lipinski definition) is 1. The van der Waals surface area contributed by atoms with Crippen molar-refractivity contribution in [2.45, 2.75) is 13.0 Å². The number of H-pyrrole nitrogens is 1. The normalized spacial score (nSPS) is 10.8. The molecule has 3 rings (SSSR count). The van der Waals surface area contributed by atoms with Gasteiger partial charge in [0, 0.05) is 10.1 Å². The summed E-state index contributed by atoms with van der Waals surface area (Å²) in [6.07, 6.45) is 0.660. The van der Waals surface area contributed by atoms with E-state index >= 15 is 0 Å². The van der Waals surface area contributed by atoms with Crippen LogP contribution < -0.4 is 15.0 Å². The minimum atomic E-state index is -0.0715. The fourth-order valence-corrected chi connectivity index (χ4v) is 3.48. The number of benzene rings is 2. The summed E-state index contributed by atoms with van der Waals surface area (Å²) in [6.45, 7) is 0.491. The Bertz CT molecular complexity index is 1040. The standard InChI is InChI=1S/C18H17IN2O3S/c1-23-15-6-3-11(9-16(15)24-2)7-8-21-17(22)13-10-12(19)4-5-14(13)20-18(21)25/h3-6,9-10H,7-8H2,1-2H3,(H,20,25). The third-order valence-corrected chi connectivity index (χ3v) is 5.01. The van der Waals surface area contributed by atoms with Crippen LogP contribution in [0.1, 0.15) is 5.56 Å². The van der Waals surface area contributed by atoms with Crippen molar-refractivity contribution in [3.63, 3.8) is 0 Å². The average molecular weight is 468 g/mol. The van der Waals surface area contributed by atoms with Crippen molar-refractivity contribution in [2.24, 2.45) is 0 Å². The number of methoxy groups -OCH3 is 2. The minimum Gasteiger partial charge on any atom is -0.493 e. The zero-order valence-electron chi connectivity index (χ0n) is 13.8. The molecule has 0 fully saturated rings. The highest BCUT2D eigenvalue weighted by molar-refractivity contribution is 14.1. The first-order chi connectivity index (χ1) is 12.0. The summed E-state index contributed by atoms with van der Waals surface area (Å²) in [5, 5.41) is 0.646. The minimum absolute atomic E-state index is 0.0715. The molecule has 5 nitrogen and oxygen atoms in total. The van der Waals surface area contributed by atoms with Gasteiger partial charge in [0.1, 0.15) is 0 Å². The Balaban J connectivity index is 1.94. The highest BCUT2D eigenvalue weighted by Crippen LogP contribution is 2.27. The van der Waals surface area contributed by atoms with Crippen molar-refractivity contribution in [3.8, 4) is 11.5 Å². The number of rotatable bonds is 5. The zero-order chi connectivity index (χ0) is 18.0. The maximum absolute atomic E-state index is 12.8. The van der Waals surface area contributed by atoms with Gasteiger partial charge in [0.05, 0.1) is 25.1 Å². The lowest BCUT2D eigenvalue weighted by atomic mass is 10.1. The molecule has 0 aliphatic heterocycles. The van der Waals surface area contributed by atoms with E-state index in [4.69, 9.17) is 21.7 Å². The Labute approximate surface area is 163 Å². The van der Waals surface area contributed by atoms with Crippen LogP contribution in [0.2, 0.25) is 0 Å². The fraction of sp³-hybridized carbons (Fsp3) is 0.222. The summed E-state index contributed by atoms with van der Waals surface area (Å²) in [6, 6.07) is 11.4. The lowest BCUT2D eigenvalue weighted by molar-refractivity contribution is 0.354. The SMILES string of the molecule is COc1ccc(CCn2c(=S)[nH]c3ccc(I)cc3c2=O)cc1OC. The van der Waals surface area contributed by atoms with Crippen LogP contribution in [0.15, 0.2) is 41.2 Å². The maximum Gasteiger partial charge on any atom is 0.262 e. The molecule has 0 atom stereocenters. The molecule has 0 radical (unpaired) electrons. The molecule has 25 heavy (non-hydrogen) atoms. The first kappa shape index (κ1) is 17.9. The lowest BCUT2D eigenvalue weighted by Crippen LogP contribution is -2.23. The molecular formula is C18H17IN2O3S. The highest BCUT2D eigenvalue weighted by Gasteiger charge is 2.08. The van der Waals surface area contributed by atoms with Gasteiger partial charge in [-0.3, -0.25) is 9.36 Å². The largest absolute Gasteiger partial charge is 0.493 e. The number of aromatic nitrogens is 2. The molecule has 0 saturated heterocycles. The molecule has 3 aromatic rings. The smallest absolute Gasteiger partial charge is 0.262 e. The molecule has 2 aromatic carbocycles. The molecule has 0 bridgehead atoms. The van der Waals surface area contributed by atoms with Crippen molar-refractivity contribution in [1.29, 1.82) is 0 Å². The van der Waals surface area contributed by atoms with Gasteiger partial charge in [0.25, 0.3) is 5.56 Å². The van der Waals surface area contributed by atoms with E-state index in [0.717, 1.165) is 14.7 Å². The Morgan fingerprint density at radius 1 is 1.12 bits per heavy atom. The number of hydrogen-bond acceptors (Lipinski definition) is 4. The van der Waals surface area contributed by atoms with Crippen LogP contribution in [0.3, 0.4) is 0 Å². The average Bonchev–Trinajstić information content (AvgIpc) is 2.62. The van der Waals surface area contributed by atoms with E-state index in [0.29, 0.717) is 34.6 Å². The quantitative estimate of drug-likeness (QED) is 0.456. The van der Waals surface area contributed by atoms with Crippen LogP contribution in [0.5, 0.6) is 11.5 Å². The van der Waals surface area contributed by atoms with Crippen LogP contribution >= 0.6 is 34.8 Å². The first-order valence-electron chi connectivity index (χ1n) is 7.67. The van der Waals surface area contributed by atoms with Gasteiger partial charge in [0.15, 0.2) is 16.3 Å². The molecular weight excluding hydrogens is 451 g/mol. The predicted octanol–water partition coefficient (Wildman–Crippen LogP) is 3.92. The van der Waals surface area contributed by atoms with E-state index in [1.165, 1.54) is 0 Å².